The second kappa shape index (κ2) is 5.26. The lowest BCUT2D eigenvalue weighted by atomic mass is 9.81. The molecule has 0 aliphatic carbocycles. The van der Waals surface area contributed by atoms with Crippen LogP contribution in [0.2, 0.25) is 0 Å². The Balaban J connectivity index is 1.85. The molecule has 2 aliphatic heterocycles. The number of hydrogen-bond acceptors (Lipinski definition) is 3. The highest BCUT2D eigenvalue weighted by molar-refractivity contribution is 6.09. The van der Waals surface area contributed by atoms with E-state index < -0.39 is 5.41 Å². The SMILES string of the molecule is CC1CCC(N2C(=O)CC(C)(c3ccccc3)C2=O)CN1. The van der Waals surface area contributed by atoms with E-state index >= 15 is 0 Å². The second-order valence-electron chi connectivity index (χ2n) is 6.48. The molecule has 1 aromatic rings. The van der Waals surface area contributed by atoms with Gasteiger partial charge in [0.2, 0.25) is 11.8 Å². The zero-order valence-corrected chi connectivity index (χ0v) is 12.6. The molecule has 0 saturated carbocycles. The van der Waals surface area contributed by atoms with Crippen molar-refractivity contribution in [1.29, 1.82) is 0 Å². The fraction of sp³-hybridized carbons (Fsp3) is 0.529. The number of amides is 2. The van der Waals surface area contributed by atoms with Gasteiger partial charge in [0.05, 0.1) is 11.5 Å². The van der Waals surface area contributed by atoms with Gasteiger partial charge in [-0.25, -0.2) is 0 Å². The molecule has 3 atom stereocenters. The Morgan fingerprint density at radius 3 is 2.52 bits per heavy atom. The molecule has 2 heterocycles. The topological polar surface area (TPSA) is 49.4 Å². The van der Waals surface area contributed by atoms with Gasteiger partial charge in [0, 0.05) is 19.0 Å². The molecule has 0 aromatic heterocycles. The summed E-state index contributed by atoms with van der Waals surface area (Å²) in [5, 5.41) is 3.37. The van der Waals surface area contributed by atoms with Crippen LogP contribution in [-0.2, 0) is 15.0 Å². The van der Waals surface area contributed by atoms with Crippen LogP contribution >= 0.6 is 0 Å². The standard InChI is InChI=1S/C17H22N2O2/c1-12-8-9-14(11-18-12)19-15(20)10-17(2,16(19)21)13-6-4-3-5-7-13/h3-7,12,14,18H,8-11H2,1-2H3. The van der Waals surface area contributed by atoms with Crippen LogP contribution in [0.1, 0.15) is 38.7 Å². The van der Waals surface area contributed by atoms with Crippen molar-refractivity contribution in [2.24, 2.45) is 0 Å². The van der Waals surface area contributed by atoms with E-state index in [9.17, 15) is 9.59 Å². The Morgan fingerprint density at radius 1 is 1.19 bits per heavy atom. The van der Waals surface area contributed by atoms with Crippen LogP contribution < -0.4 is 5.32 Å². The van der Waals surface area contributed by atoms with Gasteiger partial charge in [-0.2, -0.15) is 0 Å². The predicted octanol–water partition coefficient (Wildman–Crippen LogP) is 1.84. The summed E-state index contributed by atoms with van der Waals surface area (Å²) in [6.07, 6.45) is 2.18. The molecule has 2 saturated heterocycles. The maximum atomic E-state index is 12.9. The Hall–Kier alpha value is -1.68. The molecule has 21 heavy (non-hydrogen) atoms. The van der Waals surface area contributed by atoms with Crippen molar-refractivity contribution >= 4 is 11.8 Å². The summed E-state index contributed by atoms with van der Waals surface area (Å²) >= 11 is 0. The van der Waals surface area contributed by atoms with Crippen LogP contribution in [0.3, 0.4) is 0 Å². The molecule has 4 heteroatoms. The minimum atomic E-state index is -0.707. The summed E-state index contributed by atoms with van der Waals surface area (Å²) in [5.41, 5.74) is 0.226. The number of likely N-dealkylation sites (tertiary alicyclic amines) is 1. The van der Waals surface area contributed by atoms with Gasteiger partial charge in [-0.3, -0.25) is 14.5 Å². The van der Waals surface area contributed by atoms with E-state index in [-0.39, 0.29) is 24.3 Å². The van der Waals surface area contributed by atoms with E-state index in [1.165, 1.54) is 4.90 Å². The first-order valence-corrected chi connectivity index (χ1v) is 7.68. The Bertz CT molecular complexity index is 549. The number of carbonyl (C=O) groups excluding carboxylic acids is 2. The quantitative estimate of drug-likeness (QED) is 0.844. The average Bonchev–Trinajstić information content (AvgIpc) is 2.72. The summed E-state index contributed by atoms with van der Waals surface area (Å²) in [4.78, 5) is 26.8. The Kier molecular flexibility index (Phi) is 3.57. The van der Waals surface area contributed by atoms with E-state index in [2.05, 4.69) is 12.2 Å². The largest absolute Gasteiger partial charge is 0.312 e. The Morgan fingerprint density at radius 2 is 1.90 bits per heavy atom. The van der Waals surface area contributed by atoms with Gasteiger partial charge in [0.25, 0.3) is 0 Å². The van der Waals surface area contributed by atoms with Crippen LogP contribution in [0.25, 0.3) is 0 Å². The van der Waals surface area contributed by atoms with Gasteiger partial charge in [-0.1, -0.05) is 30.3 Å². The predicted molar refractivity (Wildman–Crippen MR) is 80.8 cm³/mol. The third kappa shape index (κ3) is 2.38. The monoisotopic (exact) mass is 286 g/mol. The molecule has 0 bridgehead atoms. The van der Waals surface area contributed by atoms with Crippen molar-refractivity contribution in [3.05, 3.63) is 35.9 Å². The highest BCUT2D eigenvalue weighted by Crippen LogP contribution is 2.38. The van der Waals surface area contributed by atoms with Gasteiger partial charge in [-0.15, -0.1) is 0 Å². The third-order valence-corrected chi connectivity index (χ3v) is 4.88. The molecule has 3 rings (SSSR count). The van der Waals surface area contributed by atoms with Gasteiger partial charge in [0.1, 0.15) is 0 Å². The molecule has 4 nitrogen and oxygen atoms in total. The van der Waals surface area contributed by atoms with E-state index in [1.807, 2.05) is 37.3 Å². The normalized spacial score (nSPS) is 33.5. The molecule has 112 valence electrons. The maximum absolute atomic E-state index is 12.9. The number of benzene rings is 1. The van der Waals surface area contributed by atoms with Crippen LogP contribution in [0.15, 0.2) is 30.3 Å². The van der Waals surface area contributed by atoms with Gasteiger partial charge in [0.15, 0.2) is 0 Å². The van der Waals surface area contributed by atoms with Crippen molar-refractivity contribution < 1.29 is 9.59 Å². The molecule has 2 amide bonds. The smallest absolute Gasteiger partial charge is 0.240 e. The number of carbonyl (C=O) groups is 2. The van der Waals surface area contributed by atoms with Gasteiger partial charge in [-0.05, 0) is 32.3 Å². The summed E-state index contributed by atoms with van der Waals surface area (Å²) in [6, 6.07) is 10.1. The zero-order valence-electron chi connectivity index (χ0n) is 12.6. The van der Waals surface area contributed by atoms with E-state index in [0.29, 0.717) is 12.6 Å². The van der Waals surface area contributed by atoms with Crippen LogP contribution in [0, 0.1) is 0 Å². The first-order valence-electron chi connectivity index (χ1n) is 7.68. The minimum absolute atomic E-state index is 0.00624. The number of hydrogen-bond donors (Lipinski definition) is 1. The fourth-order valence-corrected chi connectivity index (χ4v) is 3.45. The van der Waals surface area contributed by atoms with E-state index in [4.69, 9.17) is 0 Å². The van der Waals surface area contributed by atoms with Crippen molar-refractivity contribution in [3.63, 3.8) is 0 Å². The molecule has 0 spiro atoms. The van der Waals surface area contributed by atoms with Crippen molar-refractivity contribution in [3.8, 4) is 0 Å². The van der Waals surface area contributed by atoms with Crippen LogP contribution in [0.4, 0.5) is 0 Å². The Labute approximate surface area is 125 Å². The molecular weight excluding hydrogens is 264 g/mol. The fourth-order valence-electron chi connectivity index (χ4n) is 3.45. The van der Waals surface area contributed by atoms with Crippen molar-refractivity contribution in [1.82, 2.24) is 10.2 Å². The average molecular weight is 286 g/mol. The first kappa shape index (κ1) is 14.3. The van der Waals surface area contributed by atoms with Crippen LogP contribution in [-0.4, -0.2) is 35.3 Å². The summed E-state index contributed by atoms with van der Waals surface area (Å²) in [6.45, 7) is 4.74. The first-order chi connectivity index (χ1) is 10.0. The highest BCUT2D eigenvalue weighted by atomic mass is 16.2. The minimum Gasteiger partial charge on any atom is -0.312 e. The van der Waals surface area contributed by atoms with Gasteiger partial charge < -0.3 is 5.32 Å². The third-order valence-electron chi connectivity index (χ3n) is 4.88. The molecule has 3 unspecified atom stereocenters. The molecular formula is C17H22N2O2. The lowest BCUT2D eigenvalue weighted by molar-refractivity contribution is -0.143. The molecule has 1 N–H and O–H groups in total. The number of piperidine rings is 1. The van der Waals surface area contributed by atoms with E-state index in [0.717, 1.165) is 18.4 Å². The van der Waals surface area contributed by atoms with Gasteiger partial charge >= 0.3 is 0 Å². The molecule has 0 radical (unpaired) electrons. The number of imide groups is 1. The van der Waals surface area contributed by atoms with Crippen molar-refractivity contribution in [2.45, 2.75) is 50.6 Å². The summed E-state index contributed by atoms with van der Waals surface area (Å²) < 4.78 is 0. The lowest BCUT2D eigenvalue weighted by Crippen LogP contribution is -2.52. The number of rotatable bonds is 2. The molecule has 1 aromatic carbocycles. The second-order valence-corrected chi connectivity index (χ2v) is 6.48. The van der Waals surface area contributed by atoms with Crippen molar-refractivity contribution in [2.75, 3.05) is 6.54 Å². The van der Waals surface area contributed by atoms with E-state index in [1.54, 1.807) is 0 Å². The lowest BCUT2D eigenvalue weighted by Gasteiger charge is -2.34. The van der Waals surface area contributed by atoms with Crippen LogP contribution in [0.5, 0.6) is 0 Å². The zero-order chi connectivity index (χ0) is 15.0. The number of nitrogens with one attached hydrogen (secondary N) is 1. The summed E-state index contributed by atoms with van der Waals surface area (Å²) in [7, 11) is 0. The summed E-state index contributed by atoms with van der Waals surface area (Å²) in [5.74, 6) is -0.0761. The highest BCUT2D eigenvalue weighted by Gasteiger charge is 2.51. The molecule has 2 fully saturated rings. The maximum Gasteiger partial charge on any atom is 0.240 e. The number of nitrogens with zero attached hydrogens (tertiary/aromatic N) is 1. The molecule has 2 aliphatic rings.